The summed E-state index contributed by atoms with van der Waals surface area (Å²) in [4.78, 5) is 46.2. The fourth-order valence-electron chi connectivity index (χ4n) is 3.55. The van der Waals surface area contributed by atoms with Crippen LogP contribution in [0.25, 0.3) is 0 Å². The van der Waals surface area contributed by atoms with Gasteiger partial charge in [0, 0.05) is 32.4 Å². The molecule has 0 unspecified atom stereocenters. The molecule has 34 heavy (non-hydrogen) atoms. The molecular formula is C23H31NO10. The topological polar surface area (TPSA) is 136 Å². The minimum Gasteiger partial charge on any atom is -0.458 e. The van der Waals surface area contributed by atoms with Crippen molar-refractivity contribution in [3.63, 3.8) is 0 Å². The Bertz CT molecular complexity index is 856. The van der Waals surface area contributed by atoms with Crippen molar-refractivity contribution in [3.05, 3.63) is 24.3 Å². The van der Waals surface area contributed by atoms with Gasteiger partial charge in [0.2, 0.25) is 5.91 Å². The summed E-state index contributed by atoms with van der Waals surface area (Å²) >= 11 is 0. The van der Waals surface area contributed by atoms with Crippen molar-refractivity contribution in [2.24, 2.45) is 5.92 Å². The predicted octanol–water partition coefficient (Wildman–Crippen LogP) is 2.81. The minimum absolute atomic E-state index is 0.0867. The van der Waals surface area contributed by atoms with Crippen LogP contribution in [-0.2, 0) is 38.1 Å². The summed E-state index contributed by atoms with van der Waals surface area (Å²) in [6.07, 6.45) is -3.38. The lowest BCUT2D eigenvalue weighted by Gasteiger charge is -2.43. The molecule has 11 nitrogen and oxygen atoms in total. The highest BCUT2D eigenvalue weighted by atomic mass is 16.7. The van der Waals surface area contributed by atoms with Gasteiger partial charge in [0.15, 0.2) is 12.4 Å². The standard InChI is InChI=1S/C23H31NO10/c1-6-19-13(2)20(31-15(4)26)21(32-16(5)27)22(34-19)29-11-12-30-23(28)33-18-9-7-17(8-10-18)24-14(3)25/h7-10,13,19-22H,6,11-12H2,1-5H3,(H,24,25)/t13-,19-,20+,21-,22-/m1/s1. The maximum atomic E-state index is 11.9. The van der Waals surface area contributed by atoms with Gasteiger partial charge in [-0.15, -0.1) is 0 Å². The summed E-state index contributed by atoms with van der Waals surface area (Å²) in [6, 6.07) is 6.16. The van der Waals surface area contributed by atoms with Crippen molar-refractivity contribution in [1.82, 2.24) is 0 Å². The molecule has 1 saturated heterocycles. The number of esters is 2. The molecule has 0 spiro atoms. The van der Waals surface area contributed by atoms with E-state index >= 15 is 0 Å². The van der Waals surface area contributed by atoms with Crippen molar-refractivity contribution < 1.29 is 47.6 Å². The van der Waals surface area contributed by atoms with Gasteiger partial charge in [-0.05, 0) is 30.7 Å². The molecule has 1 aromatic rings. The Balaban J connectivity index is 1.90. The summed E-state index contributed by atoms with van der Waals surface area (Å²) in [5.74, 6) is -1.31. The Labute approximate surface area is 198 Å². The minimum atomic E-state index is -1.02. The van der Waals surface area contributed by atoms with Crippen molar-refractivity contribution in [3.8, 4) is 5.75 Å². The molecule has 1 N–H and O–H groups in total. The lowest BCUT2D eigenvalue weighted by molar-refractivity contribution is -0.291. The molecule has 11 heteroatoms. The monoisotopic (exact) mass is 481 g/mol. The van der Waals surface area contributed by atoms with Gasteiger partial charge in [-0.3, -0.25) is 14.4 Å². The van der Waals surface area contributed by atoms with Gasteiger partial charge in [0.05, 0.1) is 12.7 Å². The zero-order valence-corrected chi connectivity index (χ0v) is 19.9. The number of hydrogen-bond acceptors (Lipinski definition) is 10. The first-order chi connectivity index (χ1) is 16.1. The van der Waals surface area contributed by atoms with Crippen LogP contribution in [0.1, 0.15) is 41.0 Å². The molecule has 1 fully saturated rings. The van der Waals surface area contributed by atoms with E-state index in [1.807, 2.05) is 13.8 Å². The van der Waals surface area contributed by atoms with Crippen LogP contribution in [0.15, 0.2) is 24.3 Å². The largest absolute Gasteiger partial charge is 0.513 e. The first-order valence-electron chi connectivity index (χ1n) is 10.9. The lowest BCUT2D eigenvalue weighted by Crippen LogP contribution is -2.57. The average Bonchev–Trinajstić information content (AvgIpc) is 2.75. The smallest absolute Gasteiger partial charge is 0.458 e. The van der Waals surface area contributed by atoms with Gasteiger partial charge in [-0.25, -0.2) is 4.79 Å². The van der Waals surface area contributed by atoms with Crippen molar-refractivity contribution >= 4 is 29.7 Å². The fourth-order valence-corrected chi connectivity index (χ4v) is 3.55. The highest BCUT2D eigenvalue weighted by Gasteiger charge is 2.47. The van der Waals surface area contributed by atoms with E-state index in [4.69, 9.17) is 28.4 Å². The van der Waals surface area contributed by atoms with Crippen LogP contribution in [0.3, 0.4) is 0 Å². The van der Waals surface area contributed by atoms with E-state index < -0.39 is 36.6 Å². The zero-order valence-electron chi connectivity index (χ0n) is 19.9. The molecule has 188 valence electrons. The maximum absolute atomic E-state index is 11.9. The molecule has 2 rings (SSSR count). The van der Waals surface area contributed by atoms with E-state index in [0.717, 1.165) is 0 Å². The van der Waals surface area contributed by atoms with E-state index in [0.29, 0.717) is 12.1 Å². The van der Waals surface area contributed by atoms with E-state index in [9.17, 15) is 19.2 Å². The van der Waals surface area contributed by atoms with Crippen LogP contribution >= 0.6 is 0 Å². The van der Waals surface area contributed by atoms with Crippen LogP contribution in [-0.4, -0.2) is 61.8 Å². The van der Waals surface area contributed by atoms with Crippen molar-refractivity contribution in [2.45, 2.75) is 65.6 Å². The van der Waals surface area contributed by atoms with E-state index in [-0.39, 0.29) is 36.9 Å². The number of ether oxygens (including phenoxy) is 6. The third kappa shape index (κ3) is 8.31. The van der Waals surface area contributed by atoms with E-state index in [2.05, 4.69) is 5.32 Å². The molecule has 0 aromatic heterocycles. The number of nitrogens with one attached hydrogen (secondary N) is 1. The van der Waals surface area contributed by atoms with Crippen LogP contribution < -0.4 is 10.1 Å². The van der Waals surface area contributed by atoms with Crippen LogP contribution in [0.4, 0.5) is 10.5 Å². The SMILES string of the molecule is CC[C@H]1O[C@@H](OCCOC(=O)Oc2ccc(NC(C)=O)cc2)[C@H](OC(C)=O)[C@@H](OC(C)=O)[C@@H]1C. The van der Waals surface area contributed by atoms with Gasteiger partial charge < -0.3 is 33.7 Å². The number of carbonyl (C=O) groups excluding carboxylic acids is 4. The number of amides is 1. The van der Waals surface area contributed by atoms with E-state index in [1.165, 1.54) is 32.9 Å². The Morgan fingerprint density at radius 3 is 2.12 bits per heavy atom. The quantitative estimate of drug-likeness (QED) is 0.243. The number of rotatable bonds is 9. The van der Waals surface area contributed by atoms with Gasteiger partial charge in [0.25, 0.3) is 0 Å². The molecule has 1 aliphatic heterocycles. The molecule has 0 aliphatic carbocycles. The first-order valence-corrected chi connectivity index (χ1v) is 10.9. The number of carbonyl (C=O) groups is 4. The second kappa shape index (κ2) is 12.9. The predicted molar refractivity (Wildman–Crippen MR) is 118 cm³/mol. The average molecular weight is 481 g/mol. The summed E-state index contributed by atoms with van der Waals surface area (Å²) in [7, 11) is 0. The molecular weight excluding hydrogens is 450 g/mol. The molecule has 1 aliphatic rings. The summed E-state index contributed by atoms with van der Waals surface area (Å²) in [6.45, 7) is 7.40. The van der Waals surface area contributed by atoms with Crippen LogP contribution in [0.5, 0.6) is 5.75 Å². The van der Waals surface area contributed by atoms with Gasteiger partial charge in [-0.2, -0.15) is 0 Å². The first kappa shape index (κ1) is 27.1. The molecule has 0 bridgehead atoms. The fraction of sp³-hybridized carbons (Fsp3) is 0.565. The zero-order chi connectivity index (χ0) is 25.3. The third-order valence-electron chi connectivity index (χ3n) is 4.97. The Hall–Kier alpha value is -3.18. The van der Waals surface area contributed by atoms with Crippen molar-refractivity contribution in [1.29, 1.82) is 0 Å². The maximum Gasteiger partial charge on any atom is 0.513 e. The normalized spacial score (nSPS) is 24.0. The van der Waals surface area contributed by atoms with Gasteiger partial charge in [0.1, 0.15) is 18.5 Å². The molecule has 0 radical (unpaired) electrons. The lowest BCUT2D eigenvalue weighted by atomic mass is 9.89. The van der Waals surface area contributed by atoms with Crippen molar-refractivity contribution in [2.75, 3.05) is 18.5 Å². The highest BCUT2D eigenvalue weighted by molar-refractivity contribution is 5.88. The van der Waals surface area contributed by atoms with Gasteiger partial charge in [-0.1, -0.05) is 13.8 Å². The second-order valence-electron chi connectivity index (χ2n) is 7.74. The molecule has 1 heterocycles. The molecule has 1 amide bonds. The second-order valence-corrected chi connectivity index (χ2v) is 7.74. The van der Waals surface area contributed by atoms with E-state index in [1.54, 1.807) is 12.1 Å². The summed E-state index contributed by atoms with van der Waals surface area (Å²) < 4.78 is 32.4. The number of benzene rings is 1. The number of anilines is 1. The Morgan fingerprint density at radius 1 is 0.941 bits per heavy atom. The summed E-state index contributed by atoms with van der Waals surface area (Å²) in [5.41, 5.74) is 0.559. The molecule has 0 saturated carbocycles. The van der Waals surface area contributed by atoms with Crippen LogP contribution in [0.2, 0.25) is 0 Å². The van der Waals surface area contributed by atoms with Crippen LogP contribution in [0, 0.1) is 5.92 Å². The highest BCUT2D eigenvalue weighted by Crippen LogP contribution is 2.32. The number of hydrogen-bond donors (Lipinski definition) is 1. The Kier molecular flexibility index (Phi) is 10.3. The third-order valence-corrected chi connectivity index (χ3v) is 4.97. The Morgan fingerprint density at radius 2 is 1.56 bits per heavy atom. The molecule has 5 atom stereocenters. The molecule has 1 aromatic carbocycles. The summed E-state index contributed by atoms with van der Waals surface area (Å²) in [5, 5.41) is 2.60. The van der Waals surface area contributed by atoms with Gasteiger partial charge >= 0.3 is 18.1 Å².